The molecule has 4 heteroatoms. The number of rotatable bonds is 4. The van der Waals surface area contributed by atoms with Gasteiger partial charge in [0.05, 0.1) is 5.25 Å². The Morgan fingerprint density at radius 1 is 1.30 bits per heavy atom. The summed E-state index contributed by atoms with van der Waals surface area (Å²) in [5.41, 5.74) is 0. The number of fused-ring (bicyclic) bond motifs is 1. The molecule has 1 aromatic rings. The van der Waals surface area contributed by atoms with Crippen molar-refractivity contribution in [1.29, 1.82) is 0 Å². The first kappa shape index (κ1) is 14.0. The molecule has 0 spiro atoms. The molecule has 0 aliphatic carbocycles. The molecule has 1 N–H and O–H groups in total. The van der Waals surface area contributed by atoms with Gasteiger partial charge in [-0.2, -0.15) is 0 Å². The fourth-order valence-electron chi connectivity index (χ4n) is 3.21. The standard InChI is InChI=1S/C16H22N2OS/c1-2-15(20-14-6-4-3-5-7-14)16(19)18-10-12-8-17-9-13(12)11-18/h3-7,12-13,15,17H,2,8-11H2,1H3/t12-,13+,15?. The zero-order valence-electron chi connectivity index (χ0n) is 11.9. The van der Waals surface area contributed by atoms with E-state index in [1.54, 1.807) is 11.8 Å². The predicted octanol–water partition coefficient (Wildman–Crippen LogP) is 2.24. The van der Waals surface area contributed by atoms with E-state index in [-0.39, 0.29) is 5.25 Å². The third-order valence-corrected chi connectivity index (χ3v) is 5.73. The zero-order chi connectivity index (χ0) is 13.9. The summed E-state index contributed by atoms with van der Waals surface area (Å²) >= 11 is 1.70. The van der Waals surface area contributed by atoms with Crippen LogP contribution >= 0.6 is 11.8 Å². The smallest absolute Gasteiger partial charge is 0.236 e. The van der Waals surface area contributed by atoms with Crippen molar-refractivity contribution in [2.45, 2.75) is 23.5 Å². The summed E-state index contributed by atoms with van der Waals surface area (Å²) in [6, 6.07) is 10.3. The third-order valence-electron chi connectivity index (χ3n) is 4.37. The van der Waals surface area contributed by atoms with Gasteiger partial charge in [0.2, 0.25) is 5.91 Å². The molecule has 108 valence electrons. The van der Waals surface area contributed by atoms with Crippen molar-refractivity contribution in [2.75, 3.05) is 26.2 Å². The van der Waals surface area contributed by atoms with E-state index >= 15 is 0 Å². The number of carbonyl (C=O) groups excluding carboxylic acids is 1. The Morgan fingerprint density at radius 3 is 2.55 bits per heavy atom. The summed E-state index contributed by atoms with van der Waals surface area (Å²) in [4.78, 5) is 16.0. The molecule has 1 unspecified atom stereocenters. The molecule has 3 nitrogen and oxygen atoms in total. The van der Waals surface area contributed by atoms with E-state index in [1.165, 1.54) is 4.90 Å². The topological polar surface area (TPSA) is 32.3 Å². The van der Waals surface area contributed by atoms with Crippen LogP contribution in [0.4, 0.5) is 0 Å². The molecular weight excluding hydrogens is 268 g/mol. The summed E-state index contributed by atoms with van der Waals surface area (Å²) in [6.07, 6.45) is 0.891. The second-order valence-electron chi connectivity index (χ2n) is 5.75. The number of benzene rings is 1. The van der Waals surface area contributed by atoms with Crippen LogP contribution in [-0.4, -0.2) is 42.2 Å². The summed E-state index contributed by atoms with van der Waals surface area (Å²) in [5.74, 6) is 1.69. The Labute approximate surface area is 125 Å². The Balaban J connectivity index is 1.63. The highest BCUT2D eigenvalue weighted by atomic mass is 32.2. The van der Waals surface area contributed by atoms with Crippen molar-refractivity contribution < 1.29 is 4.79 Å². The molecule has 20 heavy (non-hydrogen) atoms. The number of nitrogens with zero attached hydrogens (tertiary/aromatic N) is 1. The van der Waals surface area contributed by atoms with Gasteiger partial charge in [0.1, 0.15) is 0 Å². The lowest BCUT2D eigenvalue weighted by Crippen LogP contribution is -2.37. The maximum atomic E-state index is 12.7. The second kappa shape index (κ2) is 6.19. The van der Waals surface area contributed by atoms with Gasteiger partial charge in [-0.25, -0.2) is 0 Å². The Morgan fingerprint density at radius 2 is 1.95 bits per heavy atom. The molecule has 0 aromatic heterocycles. The second-order valence-corrected chi connectivity index (χ2v) is 7.03. The number of likely N-dealkylation sites (tertiary alicyclic amines) is 1. The van der Waals surface area contributed by atoms with Gasteiger partial charge in [-0.15, -0.1) is 11.8 Å². The fourth-order valence-corrected chi connectivity index (χ4v) is 4.27. The number of carbonyl (C=O) groups is 1. The van der Waals surface area contributed by atoms with Crippen molar-refractivity contribution >= 4 is 17.7 Å². The van der Waals surface area contributed by atoms with Crippen LogP contribution in [0.25, 0.3) is 0 Å². The lowest BCUT2D eigenvalue weighted by Gasteiger charge is -2.23. The average molecular weight is 290 g/mol. The highest BCUT2D eigenvalue weighted by Crippen LogP contribution is 2.31. The van der Waals surface area contributed by atoms with Crippen LogP contribution in [0, 0.1) is 11.8 Å². The first-order chi connectivity index (χ1) is 9.78. The Kier molecular flexibility index (Phi) is 4.32. The van der Waals surface area contributed by atoms with Gasteiger partial charge in [-0.3, -0.25) is 4.79 Å². The maximum Gasteiger partial charge on any atom is 0.236 e. The molecule has 0 saturated carbocycles. The first-order valence-electron chi connectivity index (χ1n) is 7.49. The largest absolute Gasteiger partial charge is 0.341 e. The predicted molar refractivity (Wildman–Crippen MR) is 82.8 cm³/mol. The van der Waals surface area contributed by atoms with Crippen LogP contribution in [0.1, 0.15) is 13.3 Å². The fraction of sp³-hybridized carbons (Fsp3) is 0.562. The highest BCUT2D eigenvalue weighted by Gasteiger charge is 2.39. The molecular formula is C16H22N2OS. The third kappa shape index (κ3) is 2.86. The van der Waals surface area contributed by atoms with Crippen LogP contribution in [0.2, 0.25) is 0 Å². The van der Waals surface area contributed by atoms with Gasteiger partial charge in [0, 0.05) is 31.1 Å². The minimum Gasteiger partial charge on any atom is -0.341 e. The van der Waals surface area contributed by atoms with Crippen molar-refractivity contribution in [3.8, 4) is 0 Å². The SMILES string of the molecule is CCC(Sc1ccccc1)C(=O)N1C[C@H]2CNC[C@H]2C1. The van der Waals surface area contributed by atoms with Gasteiger partial charge < -0.3 is 10.2 Å². The van der Waals surface area contributed by atoms with E-state index in [2.05, 4.69) is 29.3 Å². The van der Waals surface area contributed by atoms with Gasteiger partial charge in [0.25, 0.3) is 0 Å². The zero-order valence-corrected chi connectivity index (χ0v) is 12.7. The van der Waals surface area contributed by atoms with E-state index in [4.69, 9.17) is 0 Å². The molecule has 2 saturated heterocycles. The molecule has 2 heterocycles. The quantitative estimate of drug-likeness (QED) is 0.863. The van der Waals surface area contributed by atoms with Crippen LogP contribution in [-0.2, 0) is 4.79 Å². The molecule has 0 radical (unpaired) electrons. The van der Waals surface area contributed by atoms with Gasteiger partial charge in [0.15, 0.2) is 0 Å². The van der Waals surface area contributed by atoms with Gasteiger partial charge >= 0.3 is 0 Å². The minimum absolute atomic E-state index is 0.0594. The summed E-state index contributed by atoms with van der Waals surface area (Å²) < 4.78 is 0. The van der Waals surface area contributed by atoms with E-state index in [0.717, 1.165) is 32.6 Å². The normalized spacial score (nSPS) is 26.6. The summed E-state index contributed by atoms with van der Waals surface area (Å²) in [7, 11) is 0. The van der Waals surface area contributed by atoms with E-state index in [1.807, 2.05) is 18.2 Å². The number of hydrogen-bond acceptors (Lipinski definition) is 3. The van der Waals surface area contributed by atoms with Crippen LogP contribution < -0.4 is 5.32 Å². The molecule has 2 aliphatic heterocycles. The molecule has 1 aromatic carbocycles. The van der Waals surface area contributed by atoms with E-state index < -0.39 is 0 Å². The van der Waals surface area contributed by atoms with E-state index in [9.17, 15) is 4.79 Å². The maximum absolute atomic E-state index is 12.7. The monoisotopic (exact) mass is 290 g/mol. The van der Waals surface area contributed by atoms with Crippen molar-refractivity contribution in [3.63, 3.8) is 0 Å². The first-order valence-corrected chi connectivity index (χ1v) is 8.37. The van der Waals surface area contributed by atoms with Crippen LogP contribution in [0.3, 0.4) is 0 Å². The molecule has 2 aliphatic rings. The molecule has 3 atom stereocenters. The van der Waals surface area contributed by atoms with Gasteiger partial charge in [-0.1, -0.05) is 25.1 Å². The van der Waals surface area contributed by atoms with Crippen molar-refractivity contribution in [2.24, 2.45) is 11.8 Å². The van der Waals surface area contributed by atoms with Crippen molar-refractivity contribution in [3.05, 3.63) is 30.3 Å². The minimum atomic E-state index is 0.0594. The molecule has 2 fully saturated rings. The van der Waals surface area contributed by atoms with E-state index in [0.29, 0.717) is 17.7 Å². The van der Waals surface area contributed by atoms with Crippen molar-refractivity contribution in [1.82, 2.24) is 10.2 Å². The Hall–Kier alpha value is -1.00. The number of thioether (sulfide) groups is 1. The lowest BCUT2D eigenvalue weighted by molar-refractivity contribution is -0.129. The molecule has 3 rings (SSSR count). The number of hydrogen-bond donors (Lipinski definition) is 1. The van der Waals surface area contributed by atoms with Crippen LogP contribution in [0.15, 0.2) is 35.2 Å². The Bertz CT molecular complexity index is 453. The number of nitrogens with one attached hydrogen (secondary N) is 1. The molecule has 1 amide bonds. The average Bonchev–Trinajstić information content (AvgIpc) is 3.06. The summed E-state index contributed by atoms with van der Waals surface area (Å²) in [6.45, 7) is 6.16. The van der Waals surface area contributed by atoms with Crippen LogP contribution in [0.5, 0.6) is 0 Å². The highest BCUT2D eigenvalue weighted by molar-refractivity contribution is 8.00. The molecule has 0 bridgehead atoms. The van der Waals surface area contributed by atoms with Gasteiger partial charge in [-0.05, 0) is 30.4 Å². The summed E-state index contributed by atoms with van der Waals surface area (Å²) in [5, 5.41) is 3.48. The lowest BCUT2D eigenvalue weighted by atomic mass is 10.0. The number of amides is 1.